The van der Waals surface area contributed by atoms with Crippen LogP contribution in [0.5, 0.6) is 0 Å². The maximum absolute atomic E-state index is 12.3. The fourth-order valence-corrected chi connectivity index (χ4v) is 2.39. The van der Waals surface area contributed by atoms with Crippen LogP contribution >= 0.6 is 11.6 Å². The molecule has 0 radical (unpaired) electrons. The highest BCUT2D eigenvalue weighted by atomic mass is 35.5. The third-order valence-electron chi connectivity index (χ3n) is 3.92. The molecule has 0 atom stereocenters. The third kappa shape index (κ3) is 4.15. The van der Waals surface area contributed by atoms with Crippen molar-refractivity contribution >= 4 is 29.2 Å². The Morgan fingerprint density at radius 2 is 1.88 bits per heavy atom. The zero-order valence-corrected chi connectivity index (χ0v) is 14.1. The molecule has 0 unspecified atom stereocenters. The Balaban J connectivity index is 1.58. The number of carbonyl (C=O) groups excluding carboxylic acids is 2. The maximum Gasteiger partial charge on any atom is 0.309 e. The molecule has 1 aliphatic carbocycles. The fourth-order valence-electron chi connectivity index (χ4n) is 2.27. The van der Waals surface area contributed by atoms with Crippen LogP contribution in [-0.2, 0) is 16.1 Å². The standard InChI is InChI=1S/C19H18ClNO3/c1-12-10-16(8-9-17(12)20)21-18(22)14-4-2-13(3-5-14)11-24-19(23)15-6-7-15/h2-5,8-10,15H,6-7,11H2,1H3,(H,21,22). The van der Waals surface area contributed by atoms with Crippen molar-refractivity contribution in [1.29, 1.82) is 0 Å². The average Bonchev–Trinajstić information content (AvgIpc) is 3.41. The van der Waals surface area contributed by atoms with Crippen molar-refractivity contribution in [3.8, 4) is 0 Å². The van der Waals surface area contributed by atoms with Crippen LogP contribution in [0.4, 0.5) is 5.69 Å². The fraction of sp³-hybridized carbons (Fsp3) is 0.263. The molecule has 2 aromatic rings. The van der Waals surface area contributed by atoms with Gasteiger partial charge in [0.1, 0.15) is 6.61 Å². The van der Waals surface area contributed by atoms with Crippen molar-refractivity contribution in [3.63, 3.8) is 0 Å². The molecule has 0 spiro atoms. The molecular formula is C19H18ClNO3. The number of hydrogen-bond donors (Lipinski definition) is 1. The van der Waals surface area contributed by atoms with Gasteiger partial charge in [0.2, 0.25) is 0 Å². The minimum atomic E-state index is -0.196. The summed E-state index contributed by atoms with van der Waals surface area (Å²) in [6.07, 6.45) is 1.87. The van der Waals surface area contributed by atoms with Crippen molar-refractivity contribution in [3.05, 3.63) is 64.2 Å². The number of rotatable bonds is 5. The van der Waals surface area contributed by atoms with Crippen LogP contribution in [0.2, 0.25) is 5.02 Å². The Morgan fingerprint density at radius 1 is 1.17 bits per heavy atom. The first-order valence-electron chi connectivity index (χ1n) is 7.86. The van der Waals surface area contributed by atoms with E-state index in [1.165, 1.54) is 0 Å². The minimum Gasteiger partial charge on any atom is -0.461 e. The zero-order valence-electron chi connectivity index (χ0n) is 13.3. The van der Waals surface area contributed by atoms with Crippen molar-refractivity contribution in [2.45, 2.75) is 26.4 Å². The topological polar surface area (TPSA) is 55.4 Å². The molecule has 4 nitrogen and oxygen atoms in total. The van der Waals surface area contributed by atoms with E-state index in [0.717, 1.165) is 24.0 Å². The largest absolute Gasteiger partial charge is 0.461 e. The lowest BCUT2D eigenvalue weighted by Gasteiger charge is -2.08. The Morgan fingerprint density at radius 3 is 2.50 bits per heavy atom. The Labute approximate surface area is 145 Å². The zero-order chi connectivity index (χ0) is 17.1. The number of aryl methyl sites for hydroxylation is 1. The highest BCUT2D eigenvalue weighted by Crippen LogP contribution is 2.30. The number of halogens is 1. The summed E-state index contributed by atoms with van der Waals surface area (Å²) in [6.45, 7) is 2.13. The van der Waals surface area contributed by atoms with Crippen LogP contribution in [0.1, 0.15) is 34.3 Å². The van der Waals surface area contributed by atoms with Crippen LogP contribution in [-0.4, -0.2) is 11.9 Å². The van der Waals surface area contributed by atoms with E-state index >= 15 is 0 Å². The van der Waals surface area contributed by atoms with E-state index < -0.39 is 0 Å². The molecule has 1 fully saturated rings. The molecule has 1 N–H and O–H groups in total. The highest BCUT2D eigenvalue weighted by Gasteiger charge is 2.31. The number of amides is 1. The van der Waals surface area contributed by atoms with E-state index in [0.29, 0.717) is 16.3 Å². The molecule has 1 saturated carbocycles. The quantitative estimate of drug-likeness (QED) is 0.821. The first-order chi connectivity index (χ1) is 11.5. The molecule has 2 aromatic carbocycles. The van der Waals surface area contributed by atoms with E-state index in [1.54, 1.807) is 36.4 Å². The second-order valence-corrected chi connectivity index (χ2v) is 6.40. The second-order valence-electron chi connectivity index (χ2n) is 6.00. The van der Waals surface area contributed by atoms with E-state index in [2.05, 4.69) is 5.32 Å². The van der Waals surface area contributed by atoms with Crippen LogP contribution in [0.15, 0.2) is 42.5 Å². The summed E-state index contributed by atoms with van der Waals surface area (Å²) in [7, 11) is 0. The number of hydrogen-bond acceptors (Lipinski definition) is 3. The summed E-state index contributed by atoms with van der Waals surface area (Å²) in [5, 5.41) is 3.50. The van der Waals surface area contributed by atoms with Gasteiger partial charge in [0.25, 0.3) is 5.91 Å². The van der Waals surface area contributed by atoms with E-state index in [-0.39, 0.29) is 24.4 Å². The minimum absolute atomic E-state index is 0.0953. The predicted molar refractivity (Wildman–Crippen MR) is 93.1 cm³/mol. The molecule has 0 heterocycles. The summed E-state index contributed by atoms with van der Waals surface area (Å²) in [5.74, 6) is -0.231. The molecule has 0 saturated heterocycles. The summed E-state index contributed by atoms with van der Waals surface area (Å²) >= 11 is 5.98. The van der Waals surface area contributed by atoms with E-state index in [1.807, 2.05) is 13.0 Å². The average molecular weight is 344 g/mol. The number of esters is 1. The number of ether oxygens (including phenoxy) is 1. The molecule has 3 rings (SSSR count). The van der Waals surface area contributed by atoms with Gasteiger partial charge >= 0.3 is 5.97 Å². The van der Waals surface area contributed by atoms with Gasteiger partial charge in [-0.3, -0.25) is 9.59 Å². The van der Waals surface area contributed by atoms with Crippen LogP contribution in [0, 0.1) is 12.8 Å². The second kappa shape index (κ2) is 7.05. The van der Waals surface area contributed by atoms with Gasteiger partial charge < -0.3 is 10.1 Å². The molecule has 124 valence electrons. The number of anilines is 1. The van der Waals surface area contributed by atoms with Crippen molar-refractivity contribution in [2.75, 3.05) is 5.32 Å². The van der Waals surface area contributed by atoms with Gasteiger partial charge in [-0.2, -0.15) is 0 Å². The van der Waals surface area contributed by atoms with Gasteiger partial charge in [-0.05, 0) is 61.2 Å². The summed E-state index contributed by atoms with van der Waals surface area (Å²) in [6, 6.07) is 12.4. The smallest absolute Gasteiger partial charge is 0.309 e. The van der Waals surface area contributed by atoms with Gasteiger partial charge in [-0.25, -0.2) is 0 Å². The monoisotopic (exact) mass is 343 g/mol. The molecule has 24 heavy (non-hydrogen) atoms. The van der Waals surface area contributed by atoms with Gasteiger partial charge in [-0.1, -0.05) is 23.7 Å². The van der Waals surface area contributed by atoms with Crippen molar-refractivity contribution < 1.29 is 14.3 Å². The first kappa shape index (κ1) is 16.5. The third-order valence-corrected chi connectivity index (χ3v) is 4.35. The van der Waals surface area contributed by atoms with Gasteiger partial charge in [0, 0.05) is 16.3 Å². The summed E-state index contributed by atoms with van der Waals surface area (Å²) < 4.78 is 5.22. The van der Waals surface area contributed by atoms with Crippen molar-refractivity contribution in [1.82, 2.24) is 0 Å². The summed E-state index contributed by atoms with van der Waals surface area (Å²) in [5.41, 5.74) is 3.01. The van der Waals surface area contributed by atoms with Gasteiger partial charge in [-0.15, -0.1) is 0 Å². The number of nitrogens with one attached hydrogen (secondary N) is 1. The van der Waals surface area contributed by atoms with E-state index in [9.17, 15) is 9.59 Å². The SMILES string of the molecule is Cc1cc(NC(=O)c2ccc(COC(=O)C3CC3)cc2)ccc1Cl. The molecule has 0 aliphatic heterocycles. The maximum atomic E-state index is 12.3. The normalized spacial score (nSPS) is 13.4. The lowest BCUT2D eigenvalue weighted by atomic mass is 10.1. The first-order valence-corrected chi connectivity index (χ1v) is 8.24. The predicted octanol–water partition coefficient (Wildman–Crippen LogP) is 4.35. The molecule has 1 amide bonds. The Bertz CT molecular complexity index is 767. The number of benzene rings is 2. The molecule has 1 aliphatic rings. The number of carbonyl (C=O) groups is 2. The summed E-state index contributed by atoms with van der Waals surface area (Å²) in [4.78, 5) is 23.8. The van der Waals surface area contributed by atoms with Crippen LogP contribution < -0.4 is 5.32 Å². The van der Waals surface area contributed by atoms with Gasteiger partial charge in [0.05, 0.1) is 5.92 Å². The highest BCUT2D eigenvalue weighted by molar-refractivity contribution is 6.31. The van der Waals surface area contributed by atoms with Crippen LogP contribution in [0.3, 0.4) is 0 Å². The van der Waals surface area contributed by atoms with Crippen LogP contribution in [0.25, 0.3) is 0 Å². The molecular weight excluding hydrogens is 326 g/mol. The van der Waals surface area contributed by atoms with Crippen molar-refractivity contribution in [2.24, 2.45) is 5.92 Å². The lowest BCUT2D eigenvalue weighted by molar-refractivity contribution is -0.146. The molecule has 5 heteroatoms. The lowest BCUT2D eigenvalue weighted by Crippen LogP contribution is -2.12. The van der Waals surface area contributed by atoms with E-state index in [4.69, 9.17) is 16.3 Å². The Hall–Kier alpha value is -2.33. The molecule has 0 aromatic heterocycles. The Kier molecular flexibility index (Phi) is 4.86. The van der Waals surface area contributed by atoms with Gasteiger partial charge in [0.15, 0.2) is 0 Å². The molecule has 0 bridgehead atoms.